The molecule has 0 fully saturated rings. The van der Waals surface area contributed by atoms with E-state index >= 15 is 0 Å². The van der Waals surface area contributed by atoms with Crippen LogP contribution in [0, 0.1) is 0 Å². The molecule has 2 atom stereocenters. The number of rotatable bonds is 7. The van der Waals surface area contributed by atoms with E-state index < -0.39 is 12.3 Å². The molecule has 0 aromatic rings. The Hall–Kier alpha value is 0.00688. The topological polar surface area (TPSA) is 0 Å². The second-order valence-corrected chi connectivity index (χ2v) is 3.80. The Balaban J connectivity index is 3.24. The average Bonchev–Trinajstić information content (AvgIpc) is 2.10. The number of hydrogen-bond donors (Lipinski definition) is 0. The van der Waals surface area contributed by atoms with Crippen molar-refractivity contribution < 1.29 is 13.2 Å². The van der Waals surface area contributed by atoms with Crippen LogP contribution < -0.4 is 0 Å². The van der Waals surface area contributed by atoms with E-state index in [9.17, 15) is 13.2 Å². The van der Waals surface area contributed by atoms with Gasteiger partial charge in [-0.05, 0) is 18.9 Å². The summed E-state index contributed by atoms with van der Waals surface area (Å²) in [5.74, 6) is 0. The minimum Gasteiger partial charge on any atom is -0.251 e. The van der Waals surface area contributed by atoms with E-state index in [-0.39, 0.29) is 13.1 Å². The summed E-state index contributed by atoms with van der Waals surface area (Å²) in [6, 6.07) is 0.365. The van der Waals surface area contributed by atoms with Crippen LogP contribution >= 0.6 is 0 Å². The quantitative estimate of drug-likeness (QED) is 0.433. The molecule has 0 bridgehead atoms. The third-order valence-electron chi connectivity index (χ3n) is 1.90. The van der Waals surface area contributed by atoms with Gasteiger partial charge in [-0.3, -0.25) is 4.39 Å². The van der Waals surface area contributed by atoms with Gasteiger partial charge in [0.25, 0.3) is 0 Å². The Bertz CT molecular complexity index is 100. The molecule has 0 aliphatic heterocycles. The van der Waals surface area contributed by atoms with Gasteiger partial charge in [0.1, 0.15) is 12.3 Å². The maximum atomic E-state index is 12.8. The molecule has 0 amide bonds. The van der Waals surface area contributed by atoms with Gasteiger partial charge in [0.2, 0.25) is 0 Å². The molecular weight excluding hydrogens is 181 g/mol. The first kappa shape index (κ1) is 12.0. The summed E-state index contributed by atoms with van der Waals surface area (Å²) < 4.78 is 37.0. The zero-order valence-electron chi connectivity index (χ0n) is 7.53. The fraction of sp³-hybridized carbons (Fsp3) is 1.00. The van der Waals surface area contributed by atoms with Crippen molar-refractivity contribution in [2.24, 2.45) is 0 Å². The standard InChI is InChI=1S/C8H17F3Si/c9-5-3-1-2-4-7(10)8(11)6-12/h7-8H,1-6H2,12H3. The van der Waals surface area contributed by atoms with Gasteiger partial charge in [0.15, 0.2) is 0 Å². The molecule has 2 unspecified atom stereocenters. The second-order valence-electron chi connectivity index (χ2n) is 2.98. The van der Waals surface area contributed by atoms with Crippen LogP contribution in [-0.4, -0.2) is 29.3 Å². The van der Waals surface area contributed by atoms with E-state index in [0.717, 1.165) is 0 Å². The molecule has 0 aromatic heterocycles. The highest BCUT2D eigenvalue weighted by atomic mass is 28.1. The molecule has 0 rings (SSSR count). The smallest absolute Gasteiger partial charge is 0.131 e. The number of alkyl halides is 3. The zero-order chi connectivity index (χ0) is 9.40. The highest BCUT2D eigenvalue weighted by molar-refractivity contribution is 6.08. The molecule has 0 nitrogen and oxygen atoms in total. The van der Waals surface area contributed by atoms with Crippen molar-refractivity contribution in [3.05, 3.63) is 0 Å². The van der Waals surface area contributed by atoms with Crippen molar-refractivity contribution in [2.75, 3.05) is 6.67 Å². The first-order chi connectivity index (χ1) is 5.72. The summed E-state index contributed by atoms with van der Waals surface area (Å²) in [7, 11) is 0.706. The lowest BCUT2D eigenvalue weighted by atomic mass is 10.1. The van der Waals surface area contributed by atoms with E-state index in [0.29, 0.717) is 35.5 Å². The van der Waals surface area contributed by atoms with E-state index in [1.165, 1.54) is 0 Å². The third-order valence-corrected chi connectivity index (χ3v) is 2.68. The van der Waals surface area contributed by atoms with Gasteiger partial charge in [-0.15, -0.1) is 0 Å². The minimum atomic E-state index is -1.32. The van der Waals surface area contributed by atoms with Crippen LogP contribution in [0.4, 0.5) is 13.2 Å². The average molecular weight is 198 g/mol. The van der Waals surface area contributed by atoms with Crippen molar-refractivity contribution in [1.29, 1.82) is 0 Å². The lowest BCUT2D eigenvalue weighted by molar-refractivity contribution is 0.169. The highest BCUT2D eigenvalue weighted by Crippen LogP contribution is 2.14. The molecule has 0 aromatic carbocycles. The van der Waals surface area contributed by atoms with Crippen molar-refractivity contribution >= 4 is 10.2 Å². The normalized spacial score (nSPS) is 16.2. The molecule has 0 N–H and O–H groups in total. The van der Waals surface area contributed by atoms with E-state index in [4.69, 9.17) is 0 Å². The van der Waals surface area contributed by atoms with Gasteiger partial charge in [0, 0.05) is 10.2 Å². The minimum absolute atomic E-state index is 0.253. The van der Waals surface area contributed by atoms with E-state index in [1.54, 1.807) is 0 Å². The van der Waals surface area contributed by atoms with Gasteiger partial charge in [-0.2, -0.15) is 0 Å². The SMILES string of the molecule is FCCCCCC(F)C(F)C[SiH3]. The Kier molecular flexibility index (Phi) is 7.65. The van der Waals surface area contributed by atoms with Crippen LogP contribution in [-0.2, 0) is 0 Å². The van der Waals surface area contributed by atoms with Crippen LogP contribution in [0.25, 0.3) is 0 Å². The highest BCUT2D eigenvalue weighted by Gasteiger charge is 2.16. The largest absolute Gasteiger partial charge is 0.251 e. The number of hydrogen-bond acceptors (Lipinski definition) is 0. The summed E-state index contributed by atoms with van der Waals surface area (Å²) in [5.41, 5.74) is 0. The molecule has 0 saturated heterocycles. The van der Waals surface area contributed by atoms with Crippen LogP contribution in [0.3, 0.4) is 0 Å². The first-order valence-electron chi connectivity index (χ1n) is 4.56. The van der Waals surface area contributed by atoms with Crippen LogP contribution in [0.1, 0.15) is 25.7 Å². The van der Waals surface area contributed by atoms with Crippen LogP contribution in [0.5, 0.6) is 0 Å². The van der Waals surface area contributed by atoms with Gasteiger partial charge in [-0.1, -0.05) is 12.8 Å². The summed E-state index contributed by atoms with van der Waals surface area (Å²) in [5, 5.41) is 0. The van der Waals surface area contributed by atoms with Gasteiger partial charge in [0.05, 0.1) is 6.67 Å². The maximum absolute atomic E-state index is 12.8. The molecule has 0 heterocycles. The molecule has 4 heteroatoms. The predicted molar refractivity (Wildman–Crippen MR) is 49.0 cm³/mol. The van der Waals surface area contributed by atoms with Crippen molar-refractivity contribution in [3.8, 4) is 0 Å². The second kappa shape index (κ2) is 7.65. The van der Waals surface area contributed by atoms with Crippen LogP contribution in [0.2, 0.25) is 6.04 Å². The van der Waals surface area contributed by atoms with E-state index in [2.05, 4.69) is 0 Å². The van der Waals surface area contributed by atoms with Crippen molar-refractivity contribution in [3.63, 3.8) is 0 Å². The van der Waals surface area contributed by atoms with Crippen molar-refractivity contribution in [2.45, 2.75) is 44.1 Å². The van der Waals surface area contributed by atoms with Gasteiger partial charge >= 0.3 is 0 Å². The predicted octanol–water partition coefficient (Wildman–Crippen LogP) is 1.98. The van der Waals surface area contributed by atoms with Gasteiger partial charge < -0.3 is 0 Å². The fourth-order valence-electron chi connectivity index (χ4n) is 1.05. The molecule has 74 valence electrons. The molecule has 0 aliphatic carbocycles. The fourth-order valence-corrected chi connectivity index (χ4v) is 1.56. The Morgan fingerprint density at radius 3 is 2.17 bits per heavy atom. The monoisotopic (exact) mass is 198 g/mol. The molecule has 12 heavy (non-hydrogen) atoms. The van der Waals surface area contributed by atoms with E-state index in [1.807, 2.05) is 0 Å². The summed E-state index contributed by atoms with van der Waals surface area (Å²) in [6.45, 7) is -0.350. The lowest BCUT2D eigenvalue weighted by Gasteiger charge is -2.10. The molecule has 0 aliphatic rings. The number of halogens is 3. The molecule has 0 saturated carbocycles. The van der Waals surface area contributed by atoms with Crippen LogP contribution in [0.15, 0.2) is 0 Å². The Morgan fingerprint density at radius 1 is 1.00 bits per heavy atom. The lowest BCUT2D eigenvalue weighted by Crippen LogP contribution is -2.16. The third kappa shape index (κ3) is 5.63. The van der Waals surface area contributed by atoms with Crippen molar-refractivity contribution in [1.82, 2.24) is 0 Å². The molecule has 0 radical (unpaired) electrons. The summed E-state index contributed by atoms with van der Waals surface area (Å²) >= 11 is 0. The number of unbranched alkanes of at least 4 members (excludes halogenated alkanes) is 2. The van der Waals surface area contributed by atoms with Gasteiger partial charge in [-0.25, -0.2) is 8.78 Å². The summed E-state index contributed by atoms with van der Waals surface area (Å²) in [6.07, 6.45) is -0.588. The molecular formula is C8H17F3Si. The zero-order valence-corrected chi connectivity index (χ0v) is 9.53. The molecule has 0 spiro atoms. The summed E-state index contributed by atoms with van der Waals surface area (Å²) in [4.78, 5) is 0. The Morgan fingerprint density at radius 2 is 1.67 bits per heavy atom. The first-order valence-corrected chi connectivity index (χ1v) is 5.97. The maximum Gasteiger partial charge on any atom is 0.131 e. The Labute approximate surface area is 75.0 Å².